The molecular weight excluding hydrogens is 322 g/mol. The van der Waals surface area contributed by atoms with E-state index in [1.807, 2.05) is 48.2 Å². The third kappa shape index (κ3) is 3.59. The summed E-state index contributed by atoms with van der Waals surface area (Å²) in [5.74, 6) is 0.599. The molecule has 1 fully saturated rings. The summed E-state index contributed by atoms with van der Waals surface area (Å²) < 4.78 is 0. The number of benzene rings is 1. The van der Waals surface area contributed by atoms with Crippen LogP contribution >= 0.6 is 0 Å². The van der Waals surface area contributed by atoms with E-state index in [9.17, 15) is 4.79 Å². The van der Waals surface area contributed by atoms with Gasteiger partial charge in [0.2, 0.25) is 0 Å². The molecule has 26 heavy (non-hydrogen) atoms. The fourth-order valence-electron chi connectivity index (χ4n) is 3.82. The summed E-state index contributed by atoms with van der Waals surface area (Å²) in [4.78, 5) is 23.9. The van der Waals surface area contributed by atoms with Crippen molar-refractivity contribution in [1.29, 1.82) is 0 Å². The van der Waals surface area contributed by atoms with Crippen molar-refractivity contribution in [2.75, 3.05) is 13.1 Å². The van der Waals surface area contributed by atoms with E-state index in [1.54, 1.807) is 6.20 Å². The van der Waals surface area contributed by atoms with Crippen LogP contribution in [-0.4, -0.2) is 33.9 Å². The zero-order chi connectivity index (χ0) is 17.9. The summed E-state index contributed by atoms with van der Waals surface area (Å²) in [6, 6.07) is 15.9. The Morgan fingerprint density at radius 1 is 1.19 bits per heavy atom. The molecule has 1 amide bonds. The summed E-state index contributed by atoms with van der Waals surface area (Å²) >= 11 is 0. The summed E-state index contributed by atoms with van der Waals surface area (Å²) in [5, 5.41) is 1.01. The van der Waals surface area contributed by atoms with Gasteiger partial charge < -0.3 is 4.90 Å². The maximum atomic E-state index is 13.0. The first kappa shape index (κ1) is 16.7. The zero-order valence-corrected chi connectivity index (χ0v) is 15.1. The van der Waals surface area contributed by atoms with Crippen LogP contribution in [0.5, 0.6) is 0 Å². The predicted molar refractivity (Wildman–Crippen MR) is 103 cm³/mol. The van der Waals surface area contributed by atoms with Gasteiger partial charge in [0, 0.05) is 41.6 Å². The highest BCUT2D eigenvalue weighted by Crippen LogP contribution is 2.23. The number of aromatic nitrogens is 2. The van der Waals surface area contributed by atoms with Crippen LogP contribution in [0.1, 0.15) is 34.6 Å². The number of piperidine rings is 1. The van der Waals surface area contributed by atoms with E-state index >= 15 is 0 Å². The average Bonchev–Trinajstić information content (AvgIpc) is 2.67. The molecule has 1 saturated heterocycles. The molecule has 3 heterocycles. The van der Waals surface area contributed by atoms with Gasteiger partial charge in [-0.1, -0.05) is 12.1 Å². The second-order valence-electron chi connectivity index (χ2n) is 7.14. The van der Waals surface area contributed by atoms with Crippen LogP contribution in [0, 0.1) is 12.8 Å². The maximum absolute atomic E-state index is 13.0. The molecule has 2 aromatic heterocycles. The Hall–Kier alpha value is -2.75. The molecule has 0 N–H and O–H groups in total. The third-order valence-electron chi connectivity index (χ3n) is 5.10. The zero-order valence-electron chi connectivity index (χ0n) is 15.1. The Morgan fingerprint density at radius 2 is 2.12 bits per heavy atom. The highest BCUT2D eigenvalue weighted by Gasteiger charge is 2.25. The van der Waals surface area contributed by atoms with Crippen LogP contribution in [0.25, 0.3) is 10.9 Å². The fourth-order valence-corrected chi connectivity index (χ4v) is 3.82. The lowest BCUT2D eigenvalue weighted by atomic mass is 9.92. The minimum absolute atomic E-state index is 0.123. The van der Waals surface area contributed by atoms with Crippen molar-refractivity contribution in [2.45, 2.75) is 26.2 Å². The number of amides is 1. The molecule has 0 unspecified atom stereocenters. The molecule has 3 aromatic rings. The van der Waals surface area contributed by atoms with Crippen molar-refractivity contribution < 1.29 is 4.79 Å². The average molecular weight is 345 g/mol. The van der Waals surface area contributed by atoms with Crippen LogP contribution in [0.3, 0.4) is 0 Å². The number of nitrogens with zero attached hydrogens (tertiary/aromatic N) is 3. The molecule has 4 rings (SSSR count). The standard InChI is InChI=1S/C22H23N3O/c1-16-5-2-8-20(24-16)13-17-6-4-12-25(15-17)22(26)19-9-10-21-18(14-19)7-3-11-23-21/h2-3,5,7-11,14,17H,4,6,12-13,15H2,1H3/t17-/m0/s1. The molecule has 1 atom stereocenters. The summed E-state index contributed by atoms with van der Waals surface area (Å²) in [5.41, 5.74) is 3.85. The smallest absolute Gasteiger partial charge is 0.253 e. The van der Waals surface area contributed by atoms with Crippen molar-refractivity contribution in [1.82, 2.24) is 14.9 Å². The van der Waals surface area contributed by atoms with Crippen molar-refractivity contribution in [3.63, 3.8) is 0 Å². The van der Waals surface area contributed by atoms with Gasteiger partial charge in [-0.2, -0.15) is 0 Å². The highest BCUT2D eigenvalue weighted by molar-refractivity contribution is 5.98. The molecular formula is C22H23N3O. The fraction of sp³-hybridized carbons (Fsp3) is 0.318. The Balaban J connectivity index is 1.48. The van der Waals surface area contributed by atoms with Crippen LogP contribution in [0.2, 0.25) is 0 Å². The van der Waals surface area contributed by atoms with E-state index < -0.39 is 0 Å². The number of likely N-dealkylation sites (tertiary alicyclic amines) is 1. The molecule has 0 bridgehead atoms. The first-order valence-electron chi connectivity index (χ1n) is 9.25. The molecule has 1 aliphatic rings. The number of carbonyl (C=O) groups is 1. The van der Waals surface area contributed by atoms with Gasteiger partial charge in [0.15, 0.2) is 0 Å². The van der Waals surface area contributed by atoms with E-state index in [0.717, 1.165) is 60.2 Å². The molecule has 0 spiro atoms. The van der Waals surface area contributed by atoms with Gasteiger partial charge in [-0.3, -0.25) is 14.8 Å². The topological polar surface area (TPSA) is 46.1 Å². The predicted octanol–water partition coefficient (Wildman–Crippen LogP) is 4.03. The molecule has 0 radical (unpaired) electrons. The van der Waals surface area contributed by atoms with E-state index in [0.29, 0.717) is 5.92 Å². The molecule has 0 saturated carbocycles. The number of hydrogen-bond donors (Lipinski definition) is 0. The van der Waals surface area contributed by atoms with Crippen LogP contribution in [0.4, 0.5) is 0 Å². The number of pyridine rings is 2. The molecule has 132 valence electrons. The molecule has 1 aliphatic heterocycles. The lowest BCUT2D eigenvalue weighted by molar-refractivity contribution is 0.0673. The van der Waals surface area contributed by atoms with Crippen molar-refractivity contribution >= 4 is 16.8 Å². The Kier molecular flexibility index (Phi) is 4.65. The van der Waals surface area contributed by atoms with Crippen LogP contribution in [-0.2, 0) is 6.42 Å². The largest absolute Gasteiger partial charge is 0.338 e. The minimum Gasteiger partial charge on any atom is -0.338 e. The SMILES string of the molecule is Cc1cccc(C[C@@H]2CCCN(C(=O)c3ccc4ncccc4c3)C2)n1. The lowest BCUT2D eigenvalue weighted by Gasteiger charge is -2.33. The second kappa shape index (κ2) is 7.24. The number of hydrogen-bond acceptors (Lipinski definition) is 3. The number of rotatable bonds is 3. The monoisotopic (exact) mass is 345 g/mol. The first-order chi connectivity index (χ1) is 12.7. The van der Waals surface area contributed by atoms with Gasteiger partial charge in [0.05, 0.1) is 5.52 Å². The van der Waals surface area contributed by atoms with Crippen molar-refractivity contribution in [3.05, 3.63) is 71.7 Å². The van der Waals surface area contributed by atoms with E-state index in [-0.39, 0.29) is 5.91 Å². The highest BCUT2D eigenvalue weighted by atomic mass is 16.2. The quantitative estimate of drug-likeness (QED) is 0.720. The molecule has 4 nitrogen and oxygen atoms in total. The van der Waals surface area contributed by atoms with Gasteiger partial charge in [-0.05, 0) is 68.5 Å². The van der Waals surface area contributed by atoms with Gasteiger partial charge in [-0.15, -0.1) is 0 Å². The first-order valence-corrected chi connectivity index (χ1v) is 9.25. The maximum Gasteiger partial charge on any atom is 0.253 e. The minimum atomic E-state index is 0.123. The summed E-state index contributed by atoms with van der Waals surface area (Å²) in [7, 11) is 0. The van der Waals surface area contributed by atoms with Gasteiger partial charge in [0.25, 0.3) is 5.91 Å². The Bertz CT molecular complexity index is 937. The number of aryl methyl sites for hydroxylation is 1. The van der Waals surface area contributed by atoms with E-state index in [4.69, 9.17) is 0 Å². The van der Waals surface area contributed by atoms with Crippen molar-refractivity contribution in [3.8, 4) is 0 Å². The number of fused-ring (bicyclic) bond motifs is 1. The molecule has 1 aromatic carbocycles. The van der Waals surface area contributed by atoms with E-state index in [1.165, 1.54) is 0 Å². The van der Waals surface area contributed by atoms with Gasteiger partial charge in [-0.25, -0.2) is 0 Å². The molecule has 0 aliphatic carbocycles. The van der Waals surface area contributed by atoms with Gasteiger partial charge in [0.1, 0.15) is 0 Å². The normalized spacial score (nSPS) is 17.4. The second-order valence-corrected chi connectivity index (χ2v) is 7.14. The lowest BCUT2D eigenvalue weighted by Crippen LogP contribution is -2.40. The third-order valence-corrected chi connectivity index (χ3v) is 5.10. The van der Waals surface area contributed by atoms with Crippen molar-refractivity contribution in [2.24, 2.45) is 5.92 Å². The molecule has 4 heteroatoms. The summed E-state index contributed by atoms with van der Waals surface area (Å²) in [6.45, 7) is 3.66. The van der Waals surface area contributed by atoms with E-state index in [2.05, 4.69) is 22.1 Å². The Morgan fingerprint density at radius 3 is 3.00 bits per heavy atom. The number of carbonyl (C=O) groups excluding carboxylic acids is 1. The Labute approximate surface area is 153 Å². The van der Waals surface area contributed by atoms with Crippen LogP contribution in [0.15, 0.2) is 54.7 Å². The van der Waals surface area contributed by atoms with Gasteiger partial charge >= 0.3 is 0 Å². The van der Waals surface area contributed by atoms with Crippen LogP contribution < -0.4 is 0 Å². The summed E-state index contributed by atoms with van der Waals surface area (Å²) in [6.07, 6.45) is 4.92.